The number of hydrogen-bond acceptors (Lipinski definition) is 3. The fraction of sp³-hybridized carbons (Fsp3) is 1.00. The van der Waals surface area contributed by atoms with E-state index in [4.69, 9.17) is 9.84 Å². The number of aliphatic hydroxyl groups excluding tert-OH is 1. The molecule has 0 aliphatic rings. The maximum Gasteiger partial charge on any atom is 0.0687 e. The first-order chi connectivity index (χ1) is 4.22. The molecule has 0 aliphatic heterocycles. The molecule has 0 heterocycles. The number of rotatable bonds is 4. The molecule has 2 unspecified atom stereocenters. The fourth-order valence-electron chi connectivity index (χ4n) is 0.643. The molecule has 0 amide bonds. The van der Waals surface area contributed by atoms with Crippen molar-refractivity contribution in [3.63, 3.8) is 0 Å². The van der Waals surface area contributed by atoms with E-state index in [1.54, 1.807) is 21.1 Å². The Morgan fingerprint density at radius 2 is 2.22 bits per heavy atom. The van der Waals surface area contributed by atoms with Crippen molar-refractivity contribution >= 4 is 0 Å². The van der Waals surface area contributed by atoms with Gasteiger partial charge in [-0.1, -0.05) is 0 Å². The van der Waals surface area contributed by atoms with Gasteiger partial charge in [0.15, 0.2) is 0 Å². The third-order valence-electron chi connectivity index (χ3n) is 1.30. The van der Waals surface area contributed by atoms with Crippen molar-refractivity contribution in [3.05, 3.63) is 0 Å². The number of methoxy groups -OCH3 is 1. The summed E-state index contributed by atoms with van der Waals surface area (Å²) < 4.78 is 4.83. The van der Waals surface area contributed by atoms with Gasteiger partial charge in [-0.3, -0.25) is 0 Å². The molecule has 0 aromatic rings. The van der Waals surface area contributed by atoms with Crippen molar-refractivity contribution in [1.82, 2.24) is 5.32 Å². The van der Waals surface area contributed by atoms with E-state index in [0.717, 1.165) is 0 Å². The molecule has 0 saturated heterocycles. The molecule has 0 radical (unpaired) electrons. The van der Waals surface area contributed by atoms with E-state index in [0.29, 0.717) is 6.61 Å². The third kappa shape index (κ3) is 3.46. The first kappa shape index (κ1) is 8.88. The Balaban J connectivity index is 3.41. The second kappa shape index (κ2) is 4.73. The van der Waals surface area contributed by atoms with Crippen LogP contribution in [0.3, 0.4) is 0 Å². The minimum atomic E-state index is -0.352. The number of nitrogens with one attached hydrogen (secondary N) is 1. The van der Waals surface area contributed by atoms with Crippen molar-refractivity contribution in [2.24, 2.45) is 0 Å². The van der Waals surface area contributed by atoms with Crippen LogP contribution in [0.5, 0.6) is 0 Å². The van der Waals surface area contributed by atoms with Gasteiger partial charge in [0, 0.05) is 7.11 Å². The van der Waals surface area contributed by atoms with Crippen LogP contribution in [0.2, 0.25) is 0 Å². The Morgan fingerprint density at radius 3 is 2.33 bits per heavy atom. The van der Waals surface area contributed by atoms with Crippen molar-refractivity contribution in [2.75, 3.05) is 20.8 Å². The molecule has 0 aliphatic carbocycles. The Kier molecular flexibility index (Phi) is 4.67. The lowest BCUT2D eigenvalue weighted by molar-refractivity contribution is 0.0846. The smallest absolute Gasteiger partial charge is 0.0687 e. The van der Waals surface area contributed by atoms with Gasteiger partial charge in [-0.2, -0.15) is 0 Å². The van der Waals surface area contributed by atoms with E-state index >= 15 is 0 Å². The normalized spacial score (nSPS) is 17.3. The molecule has 0 bridgehead atoms. The van der Waals surface area contributed by atoms with Gasteiger partial charge in [-0.25, -0.2) is 0 Å². The minimum absolute atomic E-state index is 0.0509. The monoisotopic (exact) mass is 133 g/mol. The van der Waals surface area contributed by atoms with Crippen LogP contribution in [0, 0.1) is 0 Å². The molecular formula is C6H15NO2. The average Bonchev–Trinajstić information content (AvgIpc) is 1.82. The van der Waals surface area contributed by atoms with Crippen LogP contribution in [-0.2, 0) is 4.74 Å². The Morgan fingerprint density at radius 1 is 1.67 bits per heavy atom. The van der Waals surface area contributed by atoms with Gasteiger partial charge < -0.3 is 15.2 Å². The lowest BCUT2D eigenvalue weighted by Crippen LogP contribution is -2.39. The summed E-state index contributed by atoms with van der Waals surface area (Å²) in [5.74, 6) is 0. The Bertz CT molecular complexity index is 66.1. The highest BCUT2D eigenvalue weighted by Gasteiger charge is 2.10. The quantitative estimate of drug-likeness (QED) is 0.548. The van der Waals surface area contributed by atoms with E-state index < -0.39 is 0 Å². The summed E-state index contributed by atoms with van der Waals surface area (Å²) in [7, 11) is 3.42. The number of aliphatic hydroxyl groups is 1. The molecule has 3 heteroatoms. The van der Waals surface area contributed by atoms with Crippen molar-refractivity contribution in [2.45, 2.75) is 19.1 Å². The maximum absolute atomic E-state index is 9.00. The first-order valence-electron chi connectivity index (χ1n) is 3.06. The zero-order valence-electron chi connectivity index (χ0n) is 6.22. The Labute approximate surface area is 56.0 Å². The van der Waals surface area contributed by atoms with Crippen LogP contribution in [0.15, 0.2) is 0 Å². The van der Waals surface area contributed by atoms with Gasteiger partial charge in [-0.15, -0.1) is 0 Å². The van der Waals surface area contributed by atoms with E-state index in [2.05, 4.69) is 5.32 Å². The third-order valence-corrected chi connectivity index (χ3v) is 1.30. The zero-order chi connectivity index (χ0) is 7.28. The van der Waals surface area contributed by atoms with Crippen LogP contribution in [0.1, 0.15) is 6.92 Å². The number of likely N-dealkylation sites (N-methyl/N-ethyl adjacent to an activating group) is 1. The van der Waals surface area contributed by atoms with Crippen molar-refractivity contribution in [1.29, 1.82) is 0 Å². The molecule has 0 aromatic carbocycles. The van der Waals surface area contributed by atoms with Gasteiger partial charge in [0.05, 0.1) is 18.8 Å². The highest BCUT2D eigenvalue weighted by Crippen LogP contribution is 1.90. The zero-order valence-corrected chi connectivity index (χ0v) is 6.22. The number of ether oxygens (including phenoxy) is 1. The van der Waals surface area contributed by atoms with E-state index in [9.17, 15) is 0 Å². The maximum atomic E-state index is 9.00. The van der Waals surface area contributed by atoms with Gasteiger partial charge in [0.1, 0.15) is 0 Å². The predicted octanol–water partition coefficient (Wildman–Crippen LogP) is -0.398. The minimum Gasteiger partial charge on any atom is -0.392 e. The molecule has 9 heavy (non-hydrogen) atoms. The fourth-order valence-corrected chi connectivity index (χ4v) is 0.643. The second-order valence-corrected chi connectivity index (χ2v) is 2.09. The largest absolute Gasteiger partial charge is 0.392 e. The standard InChI is InChI=1S/C6H15NO2/c1-5(8)6(7-2)4-9-3/h5-8H,4H2,1-3H3. The summed E-state index contributed by atoms with van der Waals surface area (Å²) in [6, 6.07) is 0.0509. The topological polar surface area (TPSA) is 41.5 Å². The van der Waals surface area contributed by atoms with Crippen LogP contribution in [0.4, 0.5) is 0 Å². The highest BCUT2D eigenvalue weighted by molar-refractivity contribution is 4.68. The van der Waals surface area contributed by atoms with Gasteiger partial charge >= 0.3 is 0 Å². The molecule has 56 valence electrons. The second-order valence-electron chi connectivity index (χ2n) is 2.09. The average molecular weight is 133 g/mol. The molecular weight excluding hydrogens is 118 g/mol. The van der Waals surface area contributed by atoms with Crippen molar-refractivity contribution in [3.8, 4) is 0 Å². The molecule has 3 nitrogen and oxygen atoms in total. The van der Waals surface area contributed by atoms with Gasteiger partial charge in [-0.05, 0) is 14.0 Å². The highest BCUT2D eigenvalue weighted by atomic mass is 16.5. The van der Waals surface area contributed by atoms with E-state index in [1.807, 2.05) is 0 Å². The summed E-state index contributed by atoms with van der Waals surface area (Å²) in [5, 5.41) is 11.9. The van der Waals surface area contributed by atoms with E-state index in [1.165, 1.54) is 0 Å². The van der Waals surface area contributed by atoms with Crippen LogP contribution < -0.4 is 5.32 Å². The molecule has 0 spiro atoms. The Hall–Kier alpha value is -0.120. The molecule has 0 fully saturated rings. The van der Waals surface area contributed by atoms with Crippen molar-refractivity contribution < 1.29 is 9.84 Å². The summed E-state index contributed by atoms with van der Waals surface area (Å²) >= 11 is 0. The van der Waals surface area contributed by atoms with Crippen LogP contribution in [-0.4, -0.2) is 38.0 Å². The van der Waals surface area contributed by atoms with Gasteiger partial charge in [0.2, 0.25) is 0 Å². The summed E-state index contributed by atoms with van der Waals surface area (Å²) in [5.41, 5.74) is 0. The SMILES string of the molecule is CNC(COC)C(C)O. The van der Waals surface area contributed by atoms with E-state index in [-0.39, 0.29) is 12.1 Å². The molecule has 0 aromatic heterocycles. The number of hydrogen-bond donors (Lipinski definition) is 2. The summed E-state index contributed by atoms with van der Waals surface area (Å²) in [6.07, 6.45) is -0.352. The molecule has 0 rings (SSSR count). The summed E-state index contributed by atoms with van der Waals surface area (Å²) in [6.45, 7) is 2.29. The summed E-state index contributed by atoms with van der Waals surface area (Å²) in [4.78, 5) is 0. The first-order valence-corrected chi connectivity index (χ1v) is 3.06. The van der Waals surface area contributed by atoms with Crippen LogP contribution in [0.25, 0.3) is 0 Å². The molecule has 0 saturated carbocycles. The van der Waals surface area contributed by atoms with Gasteiger partial charge in [0.25, 0.3) is 0 Å². The lowest BCUT2D eigenvalue weighted by atomic mass is 10.2. The molecule has 2 atom stereocenters. The van der Waals surface area contributed by atoms with Crippen LogP contribution >= 0.6 is 0 Å². The predicted molar refractivity (Wildman–Crippen MR) is 36.4 cm³/mol. The molecule has 2 N–H and O–H groups in total. The lowest BCUT2D eigenvalue weighted by Gasteiger charge is -2.17.